The molecule has 2 atom stereocenters. The van der Waals surface area contributed by atoms with Crippen LogP contribution in [-0.2, 0) is 9.67 Å². The van der Waals surface area contributed by atoms with E-state index in [0.717, 1.165) is 17.5 Å². The van der Waals surface area contributed by atoms with Crippen molar-refractivity contribution >= 4 is 17.6 Å². The van der Waals surface area contributed by atoms with Gasteiger partial charge in [0.25, 0.3) is 0 Å². The fourth-order valence-electron chi connectivity index (χ4n) is 3.57. The van der Waals surface area contributed by atoms with Crippen LogP contribution in [0.25, 0.3) is 11.1 Å². The summed E-state index contributed by atoms with van der Waals surface area (Å²) in [5, 5.41) is 9.69. The predicted octanol–water partition coefficient (Wildman–Crippen LogP) is 6.84. The molecule has 31 heavy (non-hydrogen) atoms. The summed E-state index contributed by atoms with van der Waals surface area (Å²) < 4.78 is 5.65. The summed E-state index contributed by atoms with van der Waals surface area (Å²) in [6.45, 7) is 6.65. The predicted molar refractivity (Wildman–Crippen MR) is 126 cm³/mol. The molecule has 6 heteroatoms. The van der Waals surface area contributed by atoms with Gasteiger partial charge in [0.15, 0.2) is 4.87 Å². The molecule has 0 aliphatic heterocycles. The molecule has 2 rings (SSSR count). The van der Waals surface area contributed by atoms with E-state index in [9.17, 15) is 9.90 Å². The standard InChI is InChI=1S/C25H35ClN2O3/c1-4-6-7-8-9-10-11-16-31-24-27-17-21(18-28-24)20-12-14-22(15-13-20)25(26,23(29)30)19(3)5-2/h12-15,17-19H,4-11,16H2,1-3H3,(H,29,30)/t19-,25-/m0/s1. The first kappa shape index (κ1) is 25.1. The highest BCUT2D eigenvalue weighted by Crippen LogP contribution is 2.39. The third-order valence-electron chi connectivity index (χ3n) is 5.85. The van der Waals surface area contributed by atoms with E-state index >= 15 is 0 Å². The molecule has 0 fully saturated rings. The van der Waals surface area contributed by atoms with Gasteiger partial charge < -0.3 is 9.84 Å². The number of aliphatic carboxylic acids is 1. The Morgan fingerprint density at radius 3 is 2.13 bits per heavy atom. The van der Waals surface area contributed by atoms with Crippen molar-refractivity contribution in [2.24, 2.45) is 5.92 Å². The molecule has 0 radical (unpaired) electrons. The average molecular weight is 447 g/mol. The van der Waals surface area contributed by atoms with Crippen molar-refractivity contribution in [1.29, 1.82) is 0 Å². The van der Waals surface area contributed by atoms with E-state index in [2.05, 4.69) is 16.9 Å². The SMILES string of the molecule is CCCCCCCCCOc1ncc(-c2ccc([C@](Cl)(C(=O)O)[C@@H](C)CC)cc2)cn1. The highest BCUT2D eigenvalue weighted by Gasteiger charge is 2.42. The van der Waals surface area contributed by atoms with Gasteiger partial charge in [0, 0.05) is 18.0 Å². The van der Waals surface area contributed by atoms with Crippen LogP contribution in [0.2, 0.25) is 0 Å². The number of benzene rings is 1. The van der Waals surface area contributed by atoms with Crippen LogP contribution in [0, 0.1) is 5.92 Å². The highest BCUT2D eigenvalue weighted by molar-refractivity contribution is 6.33. The summed E-state index contributed by atoms with van der Waals surface area (Å²) in [6.07, 6.45) is 12.8. The number of aromatic nitrogens is 2. The molecule has 0 aliphatic rings. The smallest absolute Gasteiger partial charge is 0.329 e. The van der Waals surface area contributed by atoms with Crippen molar-refractivity contribution in [2.45, 2.75) is 77.0 Å². The zero-order valence-corrected chi connectivity index (χ0v) is 19.7. The van der Waals surface area contributed by atoms with Crippen LogP contribution in [0.3, 0.4) is 0 Å². The summed E-state index contributed by atoms with van der Waals surface area (Å²) >= 11 is 6.53. The maximum atomic E-state index is 11.8. The van der Waals surface area contributed by atoms with Crippen molar-refractivity contribution in [3.05, 3.63) is 42.2 Å². The Labute approximate surface area is 191 Å². The average Bonchev–Trinajstić information content (AvgIpc) is 2.80. The fourth-order valence-corrected chi connectivity index (χ4v) is 3.85. The molecule has 1 aromatic carbocycles. The molecule has 0 saturated carbocycles. The van der Waals surface area contributed by atoms with Gasteiger partial charge in [-0.2, -0.15) is 0 Å². The molecule has 170 valence electrons. The van der Waals surface area contributed by atoms with E-state index in [-0.39, 0.29) is 5.92 Å². The van der Waals surface area contributed by atoms with Crippen molar-refractivity contribution in [3.63, 3.8) is 0 Å². The number of carbonyl (C=O) groups is 1. The largest absolute Gasteiger partial charge is 0.480 e. The van der Waals surface area contributed by atoms with Gasteiger partial charge in [-0.3, -0.25) is 0 Å². The number of unbranched alkanes of at least 4 members (excludes halogenated alkanes) is 6. The number of carboxylic acids is 1. The summed E-state index contributed by atoms with van der Waals surface area (Å²) in [5.74, 6) is -1.23. The lowest BCUT2D eigenvalue weighted by atomic mass is 9.84. The molecule has 0 bridgehead atoms. The number of halogens is 1. The summed E-state index contributed by atoms with van der Waals surface area (Å²) in [7, 11) is 0. The molecule has 0 amide bonds. The topological polar surface area (TPSA) is 72.3 Å². The van der Waals surface area contributed by atoms with Gasteiger partial charge in [0.05, 0.1) is 6.61 Å². The Morgan fingerprint density at radius 2 is 1.58 bits per heavy atom. The van der Waals surface area contributed by atoms with Gasteiger partial charge in [-0.25, -0.2) is 14.8 Å². The lowest BCUT2D eigenvalue weighted by molar-refractivity contribution is -0.142. The normalized spacial score (nSPS) is 14.1. The quantitative estimate of drug-likeness (QED) is 0.254. The van der Waals surface area contributed by atoms with E-state index < -0.39 is 10.8 Å². The number of hydrogen-bond donors (Lipinski definition) is 1. The van der Waals surface area contributed by atoms with Gasteiger partial charge in [0.2, 0.25) is 0 Å². The minimum Gasteiger partial charge on any atom is -0.480 e. The lowest BCUT2D eigenvalue weighted by Gasteiger charge is -2.29. The second-order valence-electron chi connectivity index (χ2n) is 8.13. The molecule has 1 heterocycles. The Morgan fingerprint density at radius 1 is 1.00 bits per heavy atom. The molecule has 1 aromatic heterocycles. The Hall–Kier alpha value is -2.14. The first-order chi connectivity index (χ1) is 14.9. The van der Waals surface area contributed by atoms with E-state index in [0.29, 0.717) is 24.6 Å². The fraction of sp³-hybridized carbons (Fsp3) is 0.560. The maximum absolute atomic E-state index is 11.8. The van der Waals surface area contributed by atoms with Gasteiger partial charge in [-0.15, -0.1) is 11.6 Å². The summed E-state index contributed by atoms with van der Waals surface area (Å²) in [6, 6.07) is 7.64. The van der Waals surface area contributed by atoms with Crippen molar-refractivity contribution < 1.29 is 14.6 Å². The van der Waals surface area contributed by atoms with Crippen LogP contribution in [0.15, 0.2) is 36.7 Å². The van der Waals surface area contributed by atoms with Gasteiger partial charge in [-0.05, 0) is 23.5 Å². The molecule has 0 saturated heterocycles. The van der Waals surface area contributed by atoms with Crippen LogP contribution in [0.5, 0.6) is 6.01 Å². The van der Waals surface area contributed by atoms with Crippen molar-refractivity contribution in [1.82, 2.24) is 9.97 Å². The van der Waals surface area contributed by atoms with Gasteiger partial charge in [-0.1, -0.05) is 90.0 Å². The second-order valence-corrected chi connectivity index (χ2v) is 8.72. The number of carboxylic acid groups (broad SMARTS) is 1. The van der Waals surface area contributed by atoms with Gasteiger partial charge in [0.1, 0.15) is 0 Å². The minimum absolute atomic E-state index is 0.200. The minimum atomic E-state index is -1.43. The molecule has 5 nitrogen and oxygen atoms in total. The molecule has 0 unspecified atom stereocenters. The van der Waals surface area contributed by atoms with Crippen LogP contribution in [0.1, 0.15) is 77.7 Å². The summed E-state index contributed by atoms with van der Waals surface area (Å²) in [4.78, 5) is 19.0. The zero-order valence-electron chi connectivity index (χ0n) is 18.9. The summed E-state index contributed by atoms with van der Waals surface area (Å²) in [5.41, 5.74) is 2.32. The Kier molecular flexibility index (Phi) is 10.3. The monoisotopic (exact) mass is 446 g/mol. The molecular formula is C25H35ClN2O3. The zero-order chi connectivity index (χ0) is 22.7. The molecular weight excluding hydrogens is 412 g/mol. The van der Waals surface area contributed by atoms with E-state index in [1.807, 2.05) is 26.0 Å². The van der Waals surface area contributed by atoms with Crippen LogP contribution < -0.4 is 4.74 Å². The number of alkyl halides is 1. The van der Waals surface area contributed by atoms with Crippen molar-refractivity contribution in [2.75, 3.05) is 6.61 Å². The number of ether oxygens (including phenoxy) is 1. The molecule has 1 N–H and O–H groups in total. The molecule has 2 aromatic rings. The second kappa shape index (κ2) is 12.7. The first-order valence-corrected chi connectivity index (χ1v) is 11.8. The van der Waals surface area contributed by atoms with Crippen molar-refractivity contribution in [3.8, 4) is 17.1 Å². The van der Waals surface area contributed by atoms with E-state index in [1.54, 1.807) is 24.5 Å². The van der Waals surface area contributed by atoms with E-state index in [1.165, 1.54) is 38.5 Å². The Balaban J connectivity index is 1.91. The highest BCUT2D eigenvalue weighted by atomic mass is 35.5. The molecule has 0 spiro atoms. The molecule has 0 aliphatic carbocycles. The third-order valence-corrected chi connectivity index (χ3v) is 6.60. The number of nitrogens with zero attached hydrogens (tertiary/aromatic N) is 2. The Bertz CT molecular complexity index is 795. The van der Waals surface area contributed by atoms with Crippen LogP contribution >= 0.6 is 11.6 Å². The lowest BCUT2D eigenvalue weighted by Crippen LogP contribution is -2.36. The third kappa shape index (κ3) is 6.93. The number of hydrogen-bond acceptors (Lipinski definition) is 4. The first-order valence-electron chi connectivity index (χ1n) is 11.4. The number of rotatable bonds is 14. The maximum Gasteiger partial charge on any atom is 0.329 e. The van der Waals surface area contributed by atoms with Crippen LogP contribution in [0.4, 0.5) is 0 Å². The van der Waals surface area contributed by atoms with Gasteiger partial charge >= 0.3 is 12.0 Å². The van der Waals surface area contributed by atoms with Crippen LogP contribution in [-0.4, -0.2) is 27.7 Å². The van der Waals surface area contributed by atoms with E-state index in [4.69, 9.17) is 16.3 Å².